The molecule has 0 fully saturated rings. The predicted octanol–water partition coefficient (Wildman–Crippen LogP) is 4.53. The molecule has 30 heavy (non-hydrogen) atoms. The lowest BCUT2D eigenvalue weighted by atomic mass is 10.0. The van der Waals surface area contributed by atoms with Crippen LogP contribution in [-0.2, 0) is 0 Å². The molecule has 3 heterocycles. The lowest BCUT2D eigenvalue weighted by Crippen LogP contribution is -2.34. The van der Waals surface area contributed by atoms with Crippen molar-refractivity contribution >= 4 is 16.9 Å². The zero-order chi connectivity index (χ0) is 21.3. The molecule has 4 aromatic rings. The predicted molar refractivity (Wildman–Crippen MR) is 117 cm³/mol. The molecular weight excluding hydrogens is 376 g/mol. The van der Waals surface area contributed by atoms with E-state index in [0.29, 0.717) is 11.4 Å². The van der Waals surface area contributed by atoms with E-state index < -0.39 is 0 Å². The second-order valence-corrected chi connectivity index (χ2v) is 8.02. The highest BCUT2D eigenvalue weighted by atomic mass is 16.2. The third kappa shape index (κ3) is 3.70. The van der Waals surface area contributed by atoms with Gasteiger partial charge in [0.1, 0.15) is 11.5 Å². The van der Waals surface area contributed by atoms with Gasteiger partial charge in [-0.3, -0.25) is 14.9 Å². The van der Waals surface area contributed by atoms with Gasteiger partial charge in [-0.2, -0.15) is 5.10 Å². The Hall–Kier alpha value is -3.48. The van der Waals surface area contributed by atoms with Gasteiger partial charge in [0, 0.05) is 24.0 Å². The molecule has 1 aromatic carbocycles. The number of carbonyl (C=O) groups excluding carboxylic acids is 1. The number of amides is 1. The molecule has 0 aliphatic heterocycles. The molecule has 0 saturated carbocycles. The zero-order valence-corrected chi connectivity index (χ0v) is 17.6. The number of nitrogens with zero attached hydrogens (tertiary/aromatic N) is 4. The molecule has 0 saturated heterocycles. The number of carbonyl (C=O) groups is 1. The fourth-order valence-electron chi connectivity index (χ4n) is 3.68. The minimum absolute atomic E-state index is 0.158. The quantitative estimate of drug-likeness (QED) is 0.496. The van der Waals surface area contributed by atoms with Crippen molar-refractivity contribution in [1.29, 1.82) is 0 Å². The maximum absolute atomic E-state index is 13.0. The van der Waals surface area contributed by atoms with Crippen LogP contribution in [-0.4, -0.2) is 30.6 Å². The topological polar surface area (TPSA) is 88.5 Å². The highest BCUT2D eigenvalue weighted by Gasteiger charge is 2.27. The van der Waals surface area contributed by atoms with Gasteiger partial charge >= 0.3 is 0 Å². The van der Waals surface area contributed by atoms with Crippen molar-refractivity contribution in [1.82, 2.24) is 30.0 Å². The van der Waals surface area contributed by atoms with Gasteiger partial charge in [0.2, 0.25) is 0 Å². The second kappa shape index (κ2) is 8.10. The summed E-state index contributed by atoms with van der Waals surface area (Å²) in [5.41, 5.74) is 4.03. The SMILES string of the molecule is CC(C)[C@@H](NC(=O)c1cc(-c2ccncc2)n[nH]1)c1nc2ccccc2n1C(C)C. The van der Waals surface area contributed by atoms with E-state index in [4.69, 9.17) is 4.98 Å². The van der Waals surface area contributed by atoms with Crippen molar-refractivity contribution in [2.75, 3.05) is 0 Å². The summed E-state index contributed by atoms with van der Waals surface area (Å²) in [7, 11) is 0. The number of hydrogen-bond acceptors (Lipinski definition) is 4. The van der Waals surface area contributed by atoms with Gasteiger partial charge in [-0.1, -0.05) is 26.0 Å². The lowest BCUT2D eigenvalue weighted by Gasteiger charge is -2.24. The number of imidazole rings is 1. The van der Waals surface area contributed by atoms with Gasteiger partial charge in [0.15, 0.2) is 0 Å². The fraction of sp³-hybridized carbons (Fsp3) is 0.304. The first-order chi connectivity index (χ1) is 14.5. The summed E-state index contributed by atoms with van der Waals surface area (Å²) in [6, 6.07) is 13.5. The zero-order valence-electron chi connectivity index (χ0n) is 17.6. The summed E-state index contributed by atoms with van der Waals surface area (Å²) in [6.07, 6.45) is 3.41. The van der Waals surface area contributed by atoms with Crippen LogP contribution in [0.1, 0.15) is 56.1 Å². The van der Waals surface area contributed by atoms with Crippen LogP contribution in [0.25, 0.3) is 22.3 Å². The summed E-state index contributed by atoms with van der Waals surface area (Å²) in [6.45, 7) is 8.44. The third-order valence-electron chi connectivity index (χ3n) is 5.17. The molecule has 3 aromatic heterocycles. The van der Waals surface area contributed by atoms with E-state index in [0.717, 1.165) is 22.4 Å². The Kier molecular flexibility index (Phi) is 5.35. The summed E-state index contributed by atoms with van der Waals surface area (Å²) in [4.78, 5) is 21.9. The highest BCUT2D eigenvalue weighted by molar-refractivity contribution is 5.93. The van der Waals surface area contributed by atoms with Gasteiger partial charge in [0.05, 0.1) is 22.8 Å². The van der Waals surface area contributed by atoms with E-state index in [1.54, 1.807) is 18.5 Å². The first-order valence-corrected chi connectivity index (χ1v) is 10.2. The van der Waals surface area contributed by atoms with E-state index >= 15 is 0 Å². The van der Waals surface area contributed by atoms with E-state index in [9.17, 15) is 4.79 Å². The Morgan fingerprint density at radius 1 is 1.07 bits per heavy atom. The summed E-state index contributed by atoms with van der Waals surface area (Å²) in [5.74, 6) is 0.818. The second-order valence-electron chi connectivity index (χ2n) is 8.02. The van der Waals surface area contributed by atoms with Crippen molar-refractivity contribution < 1.29 is 4.79 Å². The van der Waals surface area contributed by atoms with Crippen LogP contribution in [0.4, 0.5) is 0 Å². The molecule has 0 radical (unpaired) electrons. The van der Waals surface area contributed by atoms with E-state index in [2.05, 4.69) is 58.8 Å². The molecule has 0 unspecified atom stereocenters. The minimum atomic E-state index is -0.236. The molecule has 0 spiro atoms. The molecule has 0 aliphatic rings. The van der Waals surface area contributed by atoms with E-state index in [1.165, 1.54) is 0 Å². The Morgan fingerprint density at radius 2 is 1.80 bits per heavy atom. The Labute approximate surface area is 175 Å². The first kappa shape index (κ1) is 19.8. The molecule has 4 rings (SSSR count). The van der Waals surface area contributed by atoms with Crippen LogP contribution in [0, 0.1) is 5.92 Å². The highest BCUT2D eigenvalue weighted by Crippen LogP contribution is 2.29. The molecule has 154 valence electrons. The average Bonchev–Trinajstić information content (AvgIpc) is 3.37. The van der Waals surface area contributed by atoms with Gasteiger partial charge < -0.3 is 9.88 Å². The van der Waals surface area contributed by atoms with Crippen molar-refractivity contribution in [2.24, 2.45) is 5.92 Å². The number of pyridine rings is 1. The van der Waals surface area contributed by atoms with Crippen LogP contribution < -0.4 is 5.32 Å². The van der Waals surface area contributed by atoms with Crippen molar-refractivity contribution in [3.63, 3.8) is 0 Å². The number of para-hydroxylation sites is 2. The number of H-pyrrole nitrogens is 1. The number of hydrogen-bond donors (Lipinski definition) is 2. The van der Waals surface area contributed by atoms with Crippen LogP contribution in [0.2, 0.25) is 0 Å². The van der Waals surface area contributed by atoms with Crippen molar-refractivity contribution in [2.45, 2.75) is 39.8 Å². The van der Waals surface area contributed by atoms with Crippen molar-refractivity contribution in [3.8, 4) is 11.3 Å². The number of nitrogens with one attached hydrogen (secondary N) is 2. The average molecular weight is 403 g/mol. The maximum atomic E-state index is 13.0. The monoisotopic (exact) mass is 402 g/mol. The standard InChI is InChI=1S/C23H26N6O/c1-14(2)21(22-25-17-7-5-6-8-20(17)29(22)15(3)4)26-23(30)19-13-18(27-28-19)16-9-11-24-12-10-16/h5-15,21H,1-4H3,(H,26,30)(H,27,28)/t21-/m1/s1. The van der Waals surface area contributed by atoms with Crippen LogP contribution >= 0.6 is 0 Å². The van der Waals surface area contributed by atoms with Crippen LogP contribution in [0.3, 0.4) is 0 Å². The molecule has 7 heteroatoms. The Morgan fingerprint density at radius 3 is 2.50 bits per heavy atom. The number of aromatic amines is 1. The molecule has 1 amide bonds. The number of fused-ring (bicyclic) bond motifs is 1. The summed E-state index contributed by atoms with van der Waals surface area (Å²) >= 11 is 0. The van der Waals surface area contributed by atoms with Crippen molar-refractivity contribution in [3.05, 3.63) is 66.4 Å². The number of aromatic nitrogens is 5. The Bertz CT molecular complexity index is 1160. The smallest absolute Gasteiger partial charge is 0.269 e. The van der Waals surface area contributed by atoms with Crippen LogP contribution in [0.5, 0.6) is 0 Å². The number of rotatable bonds is 6. The third-order valence-corrected chi connectivity index (χ3v) is 5.17. The fourth-order valence-corrected chi connectivity index (χ4v) is 3.68. The normalized spacial score (nSPS) is 12.6. The summed E-state index contributed by atoms with van der Waals surface area (Å²) < 4.78 is 2.20. The minimum Gasteiger partial charge on any atom is -0.340 e. The molecule has 0 aliphatic carbocycles. The first-order valence-electron chi connectivity index (χ1n) is 10.2. The number of benzene rings is 1. The maximum Gasteiger partial charge on any atom is 0.269 e. The van der Waals surface area contributed by atoms with E-state index in [-0.39, 0.29) is 23.9 Å². The molecule has 2 N–H and O–H groups in total. The molecule has 7 nitrogen and oxygen atoms in total. The summed E-state index contributed by atoms with van der Waals surface area (Å²) in [5, 5.41) is 10.3. The van der Waals surface area contributed by atoms with Gasteiger partial charge in [-0.15, -0.1) is 0 Å². The molecule has 1 atom stereocenters. The lowest BCUT2D eigenvalue weighted by molar-refractivity contribution is 0.0916. The van der Waals surface area contributed by atoms with Gasteiger partial charge in [0.25, 0.3) is 5.91 Å². The Balaban J connectivity index is 1.65. The van der Waals surface area contributed by atoms with Gasteiger partial charge in [-0.25, -0.2) is 4.98 Å². The van der Waals surface area contributed by atoms with Crippen LogP contribution in [0.15, 0.2) is 54.9 Å². The van der Waals surface area contributed by atoms with E-state index in [1.807, 2.05) is 30.3 Å². The largest absolute Gasteiger partial charge is 0.340 e. The molecule has 0 bridgehead atoms. The van der Waals surface area contributed by atoms with Gasteiger partial charge in [-0.05, 0) is 50.1 Å². The molecular formula is C23H26N6O.